The molecular weight excluding hydrogens is 1020 g/mol. The molecule has 6 nitrogen and oxygen atoms in total. The van der Waals surface area contributed by atoms with Crippen LogP contribution in [0.2, 0.25) is 0 Å². The third-order valence-electron chi connectivity index (χ3n) is 17.4. The first-order chi connectivity index (χ1) is 41.0. The van der Waals surface area contributed by atoms with E-state index in [0.29, 0.717) is 19.3 Å². The Morgan fingerprint density at radius 2 is 0.458 bits per heavy atom. The van der Waals surface area contributed by atoms with E-state index in [4.69, 9.17) is 14.2 Å². The second kappa shape index (κ2) is 72.4. The number of unbranched alkanes of at least 4 members (excludes halogenated alkanes) is 56. The highest BCUT2D eigenvalue weighted by atomic mass is 16.6. The first-order valence-electron chi connectivity index (χ1n) is 37.8. The second-order valence-corrected chi connectivity index (χ2v) is 25.9. The second-order valence-electron chi connectivity index (χ2n) is 25.9. The van der Waals surface area contributed by atoms with Gasteiger partial charge in [0.1, 0.15) is 13.2 Å². The zero-order valence-corrected chi connectivity index (χ0v) is 56.5. The first kappa shape index (κ1) is 80.9. The van der Waals surface area contributed by atoms with Gasteiger partial charge in [-0.05, 0) is 44.9 Å². The smallest absolute Gasteiger partial charge is 0.306 e. The van der Waals surface area contributed by atoms with Crippen LogP contribution in [0.3, 0.4) is 0 Å². The molecule has 0 heterocycles. The molecule has 0 saturated carbocycles. The van der Waals surface area contributed by atoms with E-state index >= 15 is 0 Å². The van der Waals surface area contributed by atoms with E-state index in [1.165, 1.54) is 308 Å². The monoisotopic (exact) mass is 1170 g/mol. The van der Waals surface area contributed by atoms with Gasteiger partial charge in [-0.1, -0.05) is 392 Å². The summed E-state index contributed by atoms with van der Waals surface area (Å²) in [5.41, 5.74) is 0. The van der Waals surface area contributed by atoms with Crippen molar-refractivity contribution < 1.29 is 28.6 Å². The topological polar surface area (TPSA) is 78.9 Å². The van der Waals surface area contributed by atoms with Gasteiger partial charge in [-0.15, -0.1) is 0 Å². The molecule has 0 saturated heterocycles. The SMILES string of the molecule is CCC/C=C\C/C=C\CCCCCCCC(=O)OCC(COC(=O)CCCCCCCCCCCCCCCCCCCCCCCCCCCCCCCCCCC)OC(=O)CCCCCCCCCCCCCCCCCCCCC. The van der Waals surface area contributed by atoms with Crippen molar-refractivity contribution in [1.29, 1.82) is 0 Å². The van der Waals surface area contributed by atoms with Gasteiger partial charge >= 0.3 is 17.9 Å². The van der Waals surface area contributed by atoms with Crippen LogP contribution in [0.1, 0.15) is 432 Å². The summed E-state index contributed by atoms with van der Waals surface area (Å²) >= 11 is 0. The van der Waals surface area contributed by atoms with Crippen molar-refractivity contribution in [2.45, 2.75) is 438 Å². The fourth-order valence-electron chi connectivity index (χ4n) is 11.8. The number of carbonyl (C=O) groups is 3. The summed E-state index contributed by atoms with van der Waals surface area (Å²) in [5, 5.41) is 0. The Balaban J connectivity index is 4.09. The standard InChI is InChI=1S/C77H146O6/c1-4-7-10-13-16-19-22-25-27-29-31-32-33-34-35-36-37-38-39-40-41-42-43-44-46-47-49-52-55-58-61-64-67-70-76(79)82-73-74(72-81-75(78)69-66-63-60-57-54-51-24-21-18-15-12-9-6-3)83-77(80)71-68-65-62-59-56-53-50-48-45-30-28-26-23-20-17-14-11-8-5-2/h12,15,21,24,74H,4-11,13-14,16-20,22-23,25-73H2,1-3H3/b15-12-,24-21-. The van der Waals surface area contributed by atoms with Crippen molar-refractivity contribution in [3.8, 4) is 0 Å². The van der Waals surface area contributed by atoms with Crippen LogP contribution in [0.25, 0.3) is 0 Å². The highest BCUT2D eigenvalue weighted by Crippen LogP contribution is 2.20. The average molecular weight is 1170 g/mol. The molecule has 1 unspecified atom stereocenters. The van der Waals surface area contributed by atoms with E-state index in [9.17, 15) is 14.4 Å². The van der Waals surface area contributed by atoms with Crippen molar-refractivity contribution >= 4 is 17.9 Å². The predicted octanol–water partition coefficient (Wildman–Crippen LogP) is 26.1. The van der Waals surface area contributed by atoms with E-state index in [1.54, 1.807) is 0 Å². The molecule has 490 valence electrons. The summed E-state index contributed by atoms with van der Waals surface area (Å²) < 4.78 is 17.0. The van der Waals surface area contributed by atoms with E-state index in [0.717, 1.165) is 83.5 Å². The maximum absolute atomic E-state index is 12.9. The molecule has 0 spiro atoms. The van der Waals surface area contributed by atoms with Crippen molar-refractivity contribution in [2.24, 2.45) is 0 Å². The average Bonchev–Trinajstić information content (AvgIpc) is 3.49. The van der Waals surface area contributed by atoms with Crippen LogP contribution in [0.4, 0.5) is 0 Å². The Bertz CT molecular complexity index is 1340. The number of hydrogen-bond donors (Lipinski definition) is 0. The minimum absolute atomic E-state index is 0.0693. The fourth-order valence-corrected chi connectivity index (χ4v) is 11.8. The molecule has 0 amide bonds. The molecule has 0 aromatic heterocycles. The number of carbonyl (C=O) groups excluding carboxylic acids is 3. The molecule has 0 aliphatic heterocycles. The third kappa shape index (κ3) is 70.5. The van der Waals surface area contributed by atoms with Crippen molar-refractivity contribution in [1.82, 2.24) is 0 Å². The van der Waals surface area contributed by atoms with Gasteiger partial charge in [0.2, 0.25) is 0 Å². The summed E-state index contributed by atoms with van der Waals surface area (Å²) in [4.78, 5) is 38.4. The summed E-state index contributed by atoms with van der Waals surface area (Å²) in [6.45, 7) is 6.65. The molecule has 6 heteroatoms. The lowest BCUT2D eigenvalue weighted by molar-refractivity contribution is -0.167. The van der Waals surface area contributed by atoms with Gasteiger partial charge in [-0.3, -0.25) is 14.4 Å². The van der Waals surface area contributed by atoms with Crippen LogP contribution >= 0.6 is 0 Å². The maximum Gasteiger partial charge on any atom is 0.306 e. The molecule has 0 aliphatic rings. The van der Waals surface area contributed by atoms with Gasteiger partial charge in [-0.25, -0.2) is 0 Å². The highest BCUT2D eigenvalue weighted by molar-refractivity contribution is 5.71. The van der Waals surface area contributed by atoms with Crippen LogP contribution in [0.5, 0.6) is 0 Å². The van der Waals surface area contributed by atoms with Crippen molar-refractivity contribution in [3.63, 3.8) is 0 Å². The van der Waals surface area contributed by atoms with Crippen LogP contribution < -0.4 is 0 Å². The third-order valence-corrected chi connectivity index (χ3v) is 17.4. The Labute approximate surface area is 519 Å². The molecule has 0 fully saturated rings. The largest absolute Gasteiger partial charge is 0.462 e. The lowest BCUT2D eigenvalue weighted by Crippen LogP contribution is -2.30. The molecule has 83 heavy (non-hydrogen) atoms. The van der Waals surface area contributed by atoms with Gasteiger partial charge in [-0.2, -0.15) is 0 Å². The Kier molecular flexibility index (Phi) is 70.5. The Hall–Kier alpha value is -2.11. The molecular formula is C77H146O6. The Morgan fingerprint density at radius 3 is 0.711 bits per heavy atom. The summed E-state index contributed by atoms with van der Waals surface area (Å²) in [7, 11) is 0. The molecule has 0 rings (SSSR count). The van der Waals surface area contributed by atoms with Crippen molar-refractivity contribution in [2.75, 3.05) is 13.2 Å². The van der Waals surface area contributed by atoms with Gasteiger partial charge in [0.05, 0.1) is 0 Å². The van der Waals surface area contributed by atoms with Crippen LogP contribution in [-0.2, 0) is 28.6 Å². The number of hydrogen-bond acceptors (Lipinski definition) is 6. The zero-order valence-electron chi connectivity index (χ0n) is 56.5. The van der Waals surface area contributed by atoms with Gasteiger partial charge < -0.3 is 14.2 Å². The van der Waals surface area contributed by atoms with E-state index in [2.05, 4.69) is 45.1 Å². The summed E-state index contributed by atoms with van der Waals surface area (Å²) in [6.07, 6.45) is 89.6. The molecule has 0 radical (unpaired) electrons. The molecule has 0 bridgehead atoms. The summed E-state index contributed by atoms with van der Waals surface area (Å²) in [5.74, 6) is -0.851. The predicted molar refractivity (Wildman–Crippen MR) is 363 cm³/mol. The first-order valence-corrected chi connectivity index (χ1v) is 37.8. The minimum atomic E-state index is -0.774. The number of allylic oxidation sites excluding steroid dienone is 4. The molecule has 0 aromatic rings. The minimum Gasteiger partial charge on any atom is -0.462 e. The Morgan fingerprint density at radius 1 is 0.241 bits per heavy atom. The lowest BCUT2D eigenvalue weighted by atomic mass is 10.0. The molecule has 0 aromatic carbocycles. The lowest BCUT2D eigenvalue weighted by Gasteiger charge is -2.18. The van der Waals surface area contributed by atoms with E-state index in [1.807, 2.05) is 0 Å². The number of ether oxygens (including phenoxy) is 3. The van der Waals surface area contributed by atoms with Crippen molar-refractivity contribution in [3.05, 3.63) is 24.3 Å². The maximum atomic E-state index is 12.9. The van der Waals surface area contributed by atoms with E-state index in [-0.39, 0.29) is 31.1 Å². The van der Waals surface area contributed by atoms with Crippen LogP contribution in [0.15, 0.2) is 24.3 Å². The summed E-state index contributed by atoms with van der Waals surface area (Å²) in [6, 6.07) is 0. The van der Waals surface area contributed by atoms with Gasteiger partial charge in [0.15, 0.2) is 6.10 Å². The number of rotatable bonds is 71. The molecule has 0 aliphatic carbocycles. The van der Waals surface area contributed by atoms with Crippen LogP contribution in [0, 0.1) is 0 Å². The van der Waals surface area contributed by atoms with E-state index < -0.39 is 6.10 Å². The molecule has 1 atom stereocenters. The van der Waals surface area contributed by atoms with Crippen LogP contribution in [-0.4, -0.2) is 37.2 Å². The van der Waals surface area contributed by atoms with Gasteiger partial charge in [0.25, 0.3) is 0 Å². The quantitative estimate of drug-likeness (QED) is 0.0261. The zero-order chi connectivity index (χ0) is 59.9. The van der Waals surface area contributed by atoms with Gasteiger partial charge in [0, 0.05) is 19.3 Å². The fraction of sp³-hybridized carbons (Fsp3) is 0.909. The molecule has 0 N–H and O–H groups in total. The highest BCUT2D eigenvalue weighted by Gasteiger charge is 2.20. The number of esters is 3. The normalized spacial score (nSPS) is 12.1.